The Morgan fingerprint density at radius 3 is 1.12 bits per heavy atom. The summed E-state index contributed by atoms with van der Waals surface area (Å²) in [4.78, 5) is 29.5. The Labute approximate surface area is 231 Å². The van der Waals surface area contributed by atoms with E-state index < -0.39 is 12.5 Å². The molecule has 0 amide bonds. The van der Waals surface area contributed by atoms with E-state index >= 15 is 0 Å². The Morgan fingerprint density at radius 1 is 0.400 bits per heavy atom. The second kappa shape index (κ2) is 9.75. The number of fused-ring (bicyclic) bond motifs is 2. The standard InChI is InChI=1S/C34H24N2O4/c37-33-29-17-9-7-15-27(29)31(39-33)35(23-11-3-1-4-12-23)25-19-21-26(22-20-25)36(24-13-5-2-6-14-24)32-28-16-8-10-18-30(28)34(38)40-32/h1-22,31-32H. The van der Waals surface area contributed by atoms with Crippen LogP contribution in [0.15, 0.2) is 133 Å². The molecule has 2 aliphatic heterocycles. The summed E-state index contributed by atoms with van der Waals surface area (Å²) < 4.78 is 11.8. The van der Waals surface area contributed by atoms with Crippen LogP contribution in [0.4, 0.5) is 22.7 Å². The molecule has 0 radical (unpaired) electrons. The molecule has 2 heterocycles. The normalized spacial score (nSPS) is 17.0. The molecule has 0 saturated heterocycles. The molecule has 5 aromatic carbocycles. The van der Waals surface area contributed by atoms with Crippen molar-refractivity contribution < 1.29 is 19.1 Å². The molecule has 0 bridgehead atoms. The first-order chi connectivity index (χ1) is 19.7. The van der Waals surface area contributed by atoms with Gasteiger partial charge in [0.05, 0.1) is 11.1 Å². The lowest BCUT2D eigenvalue weighted by Crippen LogP contribution is -2.25. The van der Waals surface area contributed by atoms with Crippen molar-refractivity contribution >= 4 is 34.7 Å². The summed E-state index contributed by atoms with van der Waals surface area (Å²) >= 11 is 0. The fourth-order valence-electron chi connectivity index (χ4n) is 5.43. The third-order valence-corrected chi connectivity index (χ3v) is 7.27. The van der Waals surface area contributed by atoms with Gasteiger partial charge in [-0.1, -0.05) is 72.8 Å². The van der Waals surface area contributed by atoms with E-state index in [1.165, 1.54) is 0 Å². The zero-order valence-electron chi connectivity index (χ0n) is 21.4. The minimum Gasteiger partial charge on any atom is -0.433 e. The lowest BCUT2D eigenvalue weighted by Gasteiger charge is -2.33. The maximum Gasteiger partial charge on any atom is 0.340 e. The van der Waals surface area contributed by atoms with E-state index in [9.17, 15) is 9.59 Å². The van der Waals surface area contributed by atoms with Gasteiger partial charge < -0.3 is 19.3 Å². The zero-order valence-corrected chi connectivity index (χ0v) is 21.4. The molecule has 7 rings (SSSR count). The fraction of sp³-hybridized carbons (Fsp3) is 0.0588. The Kier molecular flexibility index (Phi) is 5.78. The number of hydrogen-bond donors (Lipinski definition) is 0. The molecule has 40 heavy (non-hydrogen) atoms. The first kappa shape index (κ1) is 23.7. The van der Waals surface area contributed by atoms with Gasteiger partial charge in [0.15, 0.2) is 0 Å². The van der Waals surface area contributed by atoms with Gasteiger partial charge in [0, 0.05) is 33.9 Å². The number of benzene rings is 5. The van der Waals surface area contributed by atoms with E-state index in [0.717, 1.165) is 33.9 Å². The van der Waals surface area contributed by atoms with E-state index in [-0.39, 0.29) is 11.9 Å². The number of esters is 2. The molecular weight excluding hydrogens is 500 g/mol. The van der Waals surface area contributed by atoms with Crippen molar-refractivity contribution in [3.05, 3.63) is 156 Å². The van der Waals surface area contributed by atoms with Crippen LogP contribution >= 0.6 is 0 Å². The predicted molar refractivity (Wildman–Crippen MR) is 153 cm³/mol. The Bertz CT molecular complexity index is 1580. The largest absolute Gasteiger partial charge is 0.433 e. The van der Waals surface area contributed by atoms with E-state index in [0.29, 0.717) is 11.1 Å². The van der Waals surface area contributed by atoms with Crippen LogP contribution < -0.4 is 9.80 Å². The van der Waals surface area contributed by atoms with Crippen molar-refractivity contribution in [1.82, 2.24) is 0 Å². The van der Waals surface area contributed by atoms with Crippen LogP contribution in [-0.2, 0) is 9.47 Å². The lowest BCUT2D eigenvalue weighted by atomic mass is 10.1. The fourth-order valence-corrected chi connectivity index (χ4v) is 5.43. The summed E-state index contributed by atoms with van der Waals surface area (Å²) in [7, 11) is 0. The third kappa shape index (κ3) is 3.98. The highest BCUT2D eigenvalue weighted by Crippen LogP contribution is 2.44. The van der Waals surface area contributed by atoms with Crippen LogP contribution in [0.1, 0.15) is 44.3 Å². The second-order valence-corrected chi connectivity index (χ2v) is 9.62. The molecule has 2 unspecified atom stereocenters. The number of hydrogen-bond acceptors (Lipinski definition) is 6. The molecule has 194 valence electrons. The molecule has 0 saturated carbocycles. The van der Waals surface area contributed by atoms with Gasteiger partial charge in [0.25, 0.3) is 0 Å². The number of para-hydroxylation sites is 2. The van der Waals surface area contributed by atoms with Crippen molar-refractivity contribution in [2.75, 3.05) is 9.80 Å². The number of cyclic esters (lactones) is 2. The van der Waals surface area contributed by atoms with Crippen LogP contribution in [0, 0.1) is 0 Å². The number of rotatable bonds is 6. The average Bonchev–Trinajstić information content (AvgIpc) is 3.52. The summed E-state index contributed by atoms with van der Waals surface area (Å²) in [5.74, 6) is -0.676. The summed E-state index contributed by atoms with van der Waals surface area (Å²) in [6, 6.07) is 42.7. The average molecular weight is 525 g/mol. The molecule has 0 aliphatic carbocycles. The van der Waals surface area contributed by atoms with Gasteiger partial charge in [-0.15, -0.1) is 0 Å². The van der Waals surface area contributed by atoms with Crippen LogP contribution in [0.3, 0.4) is 0 Å². The van der Waals surface area contributed by atoms with Gasteiger partial charge in [-0.25, -0.2) is 9.59 Å². The topological polar surface area (TPSA) is 59.1 Å². The van der Waals surface area contributed by atoms with Crippen LogP contribution in [-0.4, -0.2) is 11.9 Å². The van der Waals surface area contributed by atoms with E-state index in [1.807, 2.05) is 131 Å². The first-order valence-electron chi connectivity index (χ1n) is 13.1. The predicted octanol–water partition coefficient (Wildman–Crippen LogP) is 7.70. The van der Waals surface area contributed by atoms with E-state index in [4.69, 9.17) is 9.47 Å². The van der Waals surface area contributed by atoms with Gasteiger partial charge in [0.1, 0.15) is 0 Å². The third-order valence-electron chi connectivity index (χ3n) is 7.27. The molecule has 0 aromatic heterocycles. The molecule has 0 spiro atoms. The molecule has 6 nitrogen and oxygen atoms in total. The zero-order chi connectivity index (χ0) is 27.1. The number of carbonyl (C=O) groups excluding carboxylic acids is 2. The minimum absolute atomic E-state index is 0.338. The van der Waals surface area contributed by atoms with Crippen LogP contribution in [0.5, 0.6) is 0 Å². The maximum absolute atomic E-state index is 12.7. The van der Waals surface area contributed by atoms with Gasteiger partial charge in [-0.05, 0) is 60.7 Å². The van der Waals surface area contributed by atoms with Crippen molar-refractivity contribution in [2.45, 2.75) is 12.5 Å². The lowest BCUT2D eigenvalue weighted by molar-refractivity contribution is 0.0388. The Morgan fingerprint density at radius 2 is 0.725 bits per heavy atom. The van der Waals surface area contributed by atoms with Crippen molar-refractivity contribution in [3.8, 4) is 0 Å². The highest BCUT2D eigenvalue weighted by molar-refractivity contribution is 5.95. The van der Waals surface area contributed by atoms with E-state index in [2.05, 4.69) is 0 Å². The highest BCUT2D eigenvalue weighted by Gasteiger charge is 2.38. The van der Waals surface area contributed by atoms with E-state index in [1.54, 1.807) is 12.1 Å². The Hall–Kier alpha value is -5.36. The number of nitrogens with zero attached hydrogens (tertiary/aromatic N) is 2. The summed E-state index contributed by atoms with van der Waals surface area (Å²) in [6.07, 6.45) is -1.21. The van der Waals surface area contributed by atoms with Gasteiger partial charge in [-0.3, -0.25) is 0 Å². The van der Waals surface area contributed by atoms with Crippen molar-refractivity contribution in [3.63, 3.8) is 0 Å². The van der Waals surface area contributed by atoms with Gasteiger partial charge >= 0.3 is 11.9 Å². The molecule has 6 heteroatoms. The molecule has 0 N–H and O–H groups in total. The summed E-state index contributed by atoms with van der Waals surface area (Å²) in [6.45, 7) is 0. The molecule has 0 fully saturated rings. The van der Waals surface area contributed by atoms with Crippen molar-refractivity contribution in [2.24, 2.45) is 0 Å². The minimum atomic E-state index is -0.607. The Balaban J connectivity index is 1.31. The number of anilines is 4. The molecule has 5 aromatic rings. The smallest absolute Gasteiger partial charge is 0.340 e. The van der Waals surface area contributed by atoms with Gasteiger partial charge in [0.2, 0.25) is 12.5 Å². The maximum atomic E-state index is 12.7. The summed E-state index contributed by atoms with van der Waals surface area (Å²) in [5, 5.41) is 0. The first-order valence-corrected chi connectivity index (χ1v) is 13.1. The number of ether oxygens (including phenoxy) is 2. The highest BCUT2D eigenvalue weighted by atomic mass is 16.6. The molecule has 2 atom stereocenters. The molecule has 2 aliphatic rings. The summed E-state index contributed by atoms with van der Waals surface area (Å²) in [5.41, 5.74) is 6.26. The number of carbonyl (C=O) groups is 2. The van der Waals surface area contributed by atoms with Gasteiger partial charge in [-0.2, -0.15) is 0 Å². The molecular formula is C34H24N2O4. The van der Waals surface area contributed by atoms with Crippen LogP contribution in [0.25, 0.3) is 0 Å². The second-order valence-electron chi connectivity index (χ2n) is 9.62. The SMILES string of the molecule is O=C1OC(N(c2ccccc2)c2ccc(N(c3ccccc3)C3OC(=O)c4ccccc43)cc2)c2ccccc21. The van der Waals surface area contributed by atoms with Crippen LogP contribution in [0.2, 0.25) is 0 Å². The quantitative estimate of drug-likeness (QED) is 0.212. The van der Waals surface area contributed by atoms with Crippen molar-refractivity contribution in [1.29, 1.82) is 0 Å². The monoisotopic (exact) mass is 524 g/mol.